The molecule has 84 valence electrons. The number of aliphatic hydroxyl groups is 3. The quantitative estimate of drug-likeness (QED) is 0.565. The zero-order valence-electron chi connectivity index (χ0n) is 8.46. The Morgan fingerprint density at radius 1 is 1.43 bits per heavy atom. The summed E-state index contributed by atoms with van der Waals surface area (Å²) < 4.78 is 10.6. The summed E-state index contributed by atoms with van der Waals surface area (Å²) in [6, 6.07) is 0. The zero-order valence-corrected chi connectivity index (χ0v) is 8.46. The van der Waals surface area contributed by atoms with Gasteiger partial charge in [0.1, 0.15) is 12.2 Å². The monoisotopic (exact) mass is 206 g/mol. The van der Waals surface area contributed by atoms with E-state index in [0.717, 1.165) is 0 Å². The second-order valence-electron chi connectivity index (χ2n) is 3.77. The fourth-order valence-electron chi connectivity index (χ4n) is 1.46. The minimum atomic E-state index is -1.04. The highest BCUT2D eigenvalue weighted by Crippen LogP contribution is 2.21. The Labute approximate surface area is 83.3 Å². The van der Waals surface area contributed by atoms with Crippen LogP contribution in [0.2, 0.25) is 0 Å². The van der Waals surface area contributed by atoms with Crippen LogP contribution in [-0.2, 0) is 9.47 Å². The second kappa shape index (κ2) is 5.04. The molecule has 0 aromatic heterocycles. The molecule has 0 unspecified atom stereocenters. The molecule has 3 N–H and O–H groups in total. The molecular formula is C9H18O5. The smallest absolute Gasteiger partial charge is 0.161 e. The van der Waals surface area contributed by atoms with Crippen LogP contribution in [0, 0.1) is 0 Å². The van der Waals surface area contributed by atoms with Gasteiger partial charge in [-0.1, -0.05) is 0 Å². The molecule has 1 heterocycles. The fourth-order valence-corrected chi connectivity index (χ4v) is 1.46. The maximum atomic E-state index is 9.44. The Bertz CT molecular complexity index is 173. The number of hydrogen-bond acceptors (Lipinski definition) is 5. The van der Waals surface area contributed by atoms with Gasteiger partial charge in [-0.25, -0.2) is 0 Å². The number of aliphatic hydroxyl groups excluding tert-OH is 3. The molecule has 0 aromatic carbocycles. The molecule has 5 nitrogen and oxygen atoms in total. The van der Waals surface area contributed by atoms with Gasteiger partial charge >= 0.3 is 0 Å². The van der Waals surface area contributed by atoms with E-state index in [9.17, 15) is 10.2 Å². The lowest BCUT2D eigenvalue weighted by atomic mass is 10.0. The minimum Gasteiger partial charge on any atom is -0.394 e. The molecule has 1 saturated heterocycles. The van der Waals surface area contributed by atoms with E-state index < -0.39 is 24.6 Å². The van der Waals surface area contributed by atoms with E-state index >= 15 is 0 Å². The first kappa shape index (κ1) is 11.9. The molecule has 1 aliphatic rings. The van der Waals surface area contributed by atoms with E-state index in [1.54, 1.807) is 0 Å². The van der Waals surface area contributed by atoms with Crippen molar-refractivity contribution in [1.29, 1.82) is 0 Å². The van der Waals surface area contributed by atoms with E-state index in [-0.39, 0.29) is 19.1 Å². The van der Waals surface area contributed by atoms with Crippen molar-refractivity contribution in [3.8, 4) is 0 Å². The summed E-state index contributed by atoms with van der Waals surface area (Å²) >= 11 is 0. The third-order valence-electron chi connectivity index (χ3n) is 2.14. The maximum absolute atomic E-state index is 9.44. The predicted octanol–water partition coefficient (Wildman–Crippen LogP) is -0.760. The lowest BCUT2D eigenvalue weighted by Crippen LogP contribution is -2.50. The van der Waals surface area contributed by atoms with Gasteiger partial charge in [-0.05, 0) is 13.8 Å². The lowest BCUT2D eigenvalue weighted by molar-refractivity contribution is -0.265. The molecule has 1 fully saturated rings. The minimum absolute atomic E-state index is 0.0122. The Morgan fingerprint density at radius 2 is 2.07 bits per heavy atom. The van der Waals surface area contributed by atoms with Gasteiger partial charge in [-0.3, -0.25) is 0 Å². The first-order valence-electron chi connectivity index (χ1n) is 4.82. The van der Waals surface area contributed by atoms with Crippen molar-refractivity contribution < 1.29 is 24.8 Å². The molecule has 0 aromatic rings. The van der Waals surface area contributed by atoms with Crippen molar-refractivity contribution in [2.45, 2.75) is 51.0 Å². The molecule has 0 spiro atoms. The van der Waals surface area contributed by atoms with Crippen molar-refractivity contribution >= 4 is 0 Å². The number of rotatable bonds is 3. The average Bonchev–Trinajstić information content (AvgIpc) is 2.10. The van der Waals surface area contributed by atoms with E-state index in [4.69, 9.17) is 14.6 Å². The van der Waals surface area contributed by atoms with Crippen LogP contribution >= 0.6 is 0 Å². The normalized spacial score (nSPS) is 39.0. The molecule has 0 amide bonds. The Balaban J connectivity index is 2.49. The summed E-state index contributed by atoms with van der Waals surface area (Å²) in [5.41, 5.74) is 0. The summed E-state index contributed by atoms with van der Waals surface area (Å²) in [5.74, 6) is 0. The molecule has 4 atom stereocenters. The van der Waals surface area contributed by atoms with Crippen molar-refractivity contribution in [3.63, 3.8) is 0 Å². The van der Waals surface area contributed by atoms with E-state index in [1.165, 1.54) is 0 Å². The number of ether oxygens (including phenoxy) is 2. The van der Waals surface area contributed by atoms with E-state index in [1.807, 2.05) is 13.8 Å². The van der Waals surface area contributed by atoms with Gasteiger partial charge in [-0.2, -0.15) is 0 Å². The van der Waals surface area contributed by atoms with Crippen LogP contribution in [0.25, 0.3) is 0 Å². The molecule has 0 saturated carbocycles. The first-order valence-corrected chi connectivity index (χ1v) is 4.82. The average molecular weight is 206 g/mol. The van der Waals surface area contributed by atoms with Gasteiger partial charge in [0.2, 0.25) is 0 Å². The second-order valence-corrected chi connectivity index (χ2v) is 3.77. The van der Waals surface area contributed by atoms with Crippen LogP contribution in [0.5, 0.6) is 0 Å². The fraction of sp³-hybridized carbons (Fsp3) is 1.00. The summed E-state index contributed by atoms with van der Waals surface area (Å²) in [5, 5.41) is 27.7. The zero-order chi connectivity index (χ0) is 10.7. The van der Waals surface area contributed by atoms with E-state index in [0.29, 0.717) is 0 Å². The number of hydrogen-bond donors (Lipinski definition) is 3. The third kappa shape index (κ3) is 2.90. The van der Waals surface area contributed by atoms with Crippen LogP contribution in [0.3, 0.4) is 0 Å². The Morgan fingerprint density at radius 3 is 2.57 bits per heavy atom. The van der Waals surface area contributed by atoms with Crippen LogP contribution in [0.4, 0.5) is 0 Å². The molecule has 5 heteroatoms. The highest BCUT2D eigenvalue weighted by molar-refractivity contribution is 4.82. The van der Waals surface area contributed by atoms with Gasteiger partial charge in [-0.15, -0.1) is 0 Å². The van der Waals surface area contributed by atoms with E-state index in [2.05, 4.69) is 0 Å². The van der Waals surface area contributed by atoms with Crippen LogP contribution in [0.1, 0.15) is 20.3 Å². The first-order chi connectivity index (χ1) is 6.54. The SMILES string of the molecule is CC(C)O[C@@H]1C[C@@H](O)[C@H](O)[C@@H](CO)O1. The maximum Gasteiger partial charge on any atom is 0.161 e. The van der Waals surface area contributed by atoms with Crippen molar-refractivity contribution in [3.05, 3.63) is 0 Å². The summed E-state index contributed by atoms with van der Waals surface area (Å²) in [6.07, 6.45) is -3.03. The third-order valence-corrected chi connectivity index (χ3v) is 2.14. The predicted molar refractivity (Wildman–Crippen MR) is 48.6 cm³/mol. The molecule has 14 heavy (non-hydrogen) atoms. The van der Waals surface area contributed by atoms with Gasteiger partial charge in [0.05, 0.1) is 18.8 Å². The molecule has 1 aliphatic heterocycles. The lowest BCUT2D eigenvalue weighted by Gasteiger charge is -2.36. The highest BCUT2D eigenvalue weighted by atomic mass is 16.7. The molecule has 1 rings (SSSR count). The Hall–Kier alpha value is -0.200. The van der Waals surface area contributed by atoms with Crippen LogP contribution in [0.15, 0.2) is 0 Å². The van der Waals surface area contributed by atoms with Gasteiger partial charge in [0, 0.05) is 6.42 Å². The van der Waals surface area contributed by atoms with Crippen molar-refractivity contribution in [2.75, 3.05) is 6.61 Å². The van der Waals surface area contributed by atoms with Gasteiger partial charge in [0.25, 0.3) is 0 Å². The molecule has 0 radical (unpaired) electrons. The van der Waals surface area contributed by atoms with Crippen LogP contribution < -0.4 is 0 Å². The van der Waals surface area contributed by atoms with Crippen LogP contribution in [-0.4, -0.2) is 52.6 Å². The standard InChI is InChI=1S/C9H18O5/c1-5(2)13-8-3-6(11)9(12)7(4-10)14-8/h5-12H,3-4H2,1-2H3/t6-,7-,8+,9+/m1/s1. The summed E-state index contributed by atoms with van der Waals surface area (Å²) in [4.78, 5) is 0. The van der Waals surface area contributed by atoms with Crippen molar-refractivity contribution in [2.24, 2.45) is 0 Å². The van der Waals surface area contributed by atoms with Gasteiger partial charge in [0.15, 0.2) is 6.29 Å². The largest absolute Gasteiger partial charge is 0.394 e. The van der Waals surface area contributed by atoms with Gasteiger partial charge < -0.3 is 24.8 Å². The molecular weight excluding hydrogens is 188 g/mol. The highest BCUT2D eigenvalue weighted by Gasteiger charge is 2.36. The Kier molecular flexibility index (Phi) is 4.28. The molecule has 0 bridgehead atoms. The summed E-state index contributed by atoms with van der Waals surface area (Å²) in [6.45, 7) is 3.39. The van der Waals surface area contributed by atoms with Crippen molar-refractivity contribution in [1.82, 2.24) is 0 Å². The summed E-state index contributed by atoms with van der Waals surface area (Å²) in [7, 11) is 0. The molecule has 0 aliphatic carbocycles. The topological polar surface area (TPSA) is 79.2 Å².